The molecule has 0 fully saturated rings. The average Bonchev–Trinajstić information content (AvgIpc) is 2.91. The molecule has 0 bridgehead atoms. The number of carbonyl (C=O) groups excluding carboxylic acids is 1. The number of aryl methyl sites for hydroxylation is 1. The van der Waals surface area contributed by atoms with E-state index in [1.54, 1.807) is 32.0 Å². The zero-order valence-electron chi connectivity index (χ0n) is 14.0. The second-order valence-electron chi connectivity index (χ2n) is 5.30. The van der Waals surface area contributed by atoms with Gasteiger partial charge in [0.2, 0.25) is 5.71 Å². The molecule has 1 aromatic carbocycles. The molecule has 0 atom stereocenters. The van der Waals surface area contributed by atoms with Crippen molar-refractivity contribution >= 4 is 57.9 Å². The Bertz CT molecular complexity index is 971. The molecular weight excluding hydrogens is 397 g/mol. The molecule has 0 saturated carbocycles. The van der Waals surface area contributed by atoms with Gasteiger partial charge in [-0.05, 0) is 26.0 Å². The van der Waals surface area contributed by atoms with Gasteiger partial charge < -0.3 is 14.9 Å². The fourth-order valence-electron chi connectivity index (χ4n) is 2.45. The highest BCUT2D eigenvalue weighted by molar-refractivity contribution is 7.98. The van der Waals surface area contributed by atoms with Crippen molar-refractivity contribution in [3.8, 4) is 0 Å². The number of fused-ring (bicyclic) bond motifs is 1. The maximum atomic E-state index is 12.1. The molecule has 0 amide bonds. The van der Waals surface area contributed by atoms with Crippen molar-refractivity contribution in [3.63, 3.8) is 0 Å². The minimum atomic E-state index is -0.510. The Morgan fingerprint density at radius 2 is 2.00 bits per heavy atom. The second kappa shape index (κ2) is 7.73. The highest BCUT2D eigenvalue weighted by Gasteiger charge is 2.24. The van der Waals surface area contributed by atoms with E-state index in [0.29, 0.717) is 32.8 Å². The van der Waals surface area contributed by atoms with Crippen LogP contribution in [0.4, 0.5) is 5.82 Å². The van der Waals surface area contributed by atoms with E-state index >= 15 is 0 Å². The summed E-state index contributed by atoms with van der Waals surface area (Å²) < 4.78 is 10.6. The molecule has 2 aromatic heterocycles. The number of ether oxygens (including phenoxy) is 1. The zero-order valence-corrected chi connectivity index (χ0v) is 16.3. The first kappa shape index (κ1) is 18.8. The topological polar surface area (TPSA) is 91.2 Å². The van der Waals surface area contributed by atoms with Crippen LogP contribution in [0.15, 0.2) is 27.5 Å². The van der Waals surface area contributed by atoms with E-state index in [9.17, 15) is 4.79 Å². The van der Waals surface area contributed by atoms with Gasteiger partial charge in [0.25, 0.3) is 0 Å². The van der Waals surface area contributed by atoms with Crippen LogP contribution in [-0.4, -0.2) is 22.5 Å². The Kier molecular flexibility index (Phi) is 5.60. The van der Waals surface area contributed by atoms with Crippen LogP contribution in [0.1, 0.15) is 28.9 Å². The van der Waals surface area contributed by atoms with Gasteiger partial charge in [0.1, 0.15) is 23.0 Å². The van der Waals surface area contributed by atoms with Crippen LogP contribution in [0.2, 0.25) is 10.0 Å². The molecule has 9 heteroatoms. The highest BCUT2D eigenvalue weighted by atomic mass is 35.5. The highest BCUT2D eigenvalue weighted by Crippen LogP contribution is 2.36. The summed E-state index contributed by atoms with van der Waals surface area (Å²) in [5.41, 5.74) is 6.56. The van der Waals surface area contributed by atoms with Gasteiger partial charge >= 0.3 is 5.97 Å². The van der Waals surface area contributed by atoms with E-state index in [-0.39, 0.29) is 23.7 Å². The Hall–Kier alpha value is -1.96. The van der Waals surface area contributed by atoms with E-state index in [1.807, 2.05) is 0 Å². The van der Waals surface area contributed by atoms with Crippen molar-refractivity contribution in [3.05, 3.63) is 45.4 Å². The molecule has 136 valence electrons. The molecule has 0 aliphatic carbocycles. The van der Waals surface area contributed by atoms with Gasteiger partial charge in [0.05, 0.1) is 27.8 Å². The van der Waals surface area contributed by atoms with Gasteiger partial charge in [-0.15, -0.1) is 11.8 Å². The molecule has 26 heavy (non-hydrogen) atoms. The Labute approximate surface area is 164 Å². The summed E-state index contributed by atoms with van der Waals surface area (Å²) in [6, 6.07) is 5.29. The molecule has 0 aliphatic rings. The minimum Gasteiger partial charge on any atom is -0.462 e. The van der Waals surface area contributed by atoms with Crippen LogP contribution >= 0.6 is 35.0 Å². The number of nitrogens with two attached hydrogens (primary N) is 1. The molecule has 0 saturated heterocycles. The van der Waals surface area contributed by atoms with E-state index in [0.717, 1.165) is 4.90 Å². The summed E-state index contributed by atoms with van der Waals surface area (Å²) in [4.78, 5) is 21.5. The van der Waals surface area contributed by atoms with Gasteiger partial charge in [0, 0.05) is 4.90 Å². The van der Waals surface area contributed by atoms with Crippen LogP contribution in [0.5, 0.6) is 0 Å². The molecule has 3 rings (SSSR count). The molecular formula is C17H15Cl2N3O3S. The number of hydrogen-bond acceptors (Lipinski definition) is 7. The lowest BCUT2D eigenvalue weighted by atomic mass is 10.2. The standard InChI is InChI=1S/C17H15Cl2N3O3S/c1-3-24-17(23)12-8(2)25-16-13(12)15(20)21-11(22-16)7-26-14-9(18)5-4-6-10(14)19/h4-6H,3,7H2,1-2H3,(H2,20,21,22). The number of rotatable bonds is 5. The van der Waals surface area contributed by atoms with Gasteiger partial charge in [-0.2, -0.15) is 4.98 Å². The number of nitrogen functional groups attached to an aromatic ring is 1. The molecule has 2 heterocycles. The number of nitrogens with zero attached hydrogens (tertiary/aromatic N) is 2. The number of halogens is 2. The van der Waals surface area contributed by atoms with Crippen molar-refractivity contribution in [2.45, 2.75) is 24.5 Å². The smallest absolute Gasteiger partial charge is 0.342 e. The van der Waals surface area contributed by atoms with Crippen LogP contribution in [0.25, 0.3) is 11.1 Å². The fraction of sp³-hybridized carbons (Fsp3) is 0.235. The Morgan fingerprint density at radius 3 is 2.65 bits per heavy atom. The Balaban J connectivity index is 1.93. The summed E-state index contributed by atoms with van der Waals surface area (Å²) in [6.07, 6.45) is 0. The summed E-state index contributed by atoms with van der Waals surface area (Å²) in [7, 11) is 0. The quantitative estimate of drug-likeness (QED) is 0.471. The number of thioether (sulfide) groups is 1. The SMILES string of the molecule is CCOC(=O)c1c(C)oc2nc(CSc3c(Cl)cccc3Cl)nc(N)c12. The molecule has 0 unspecified atom stereocenters. The molecule has 0 spiro atoms. The predicted molar refractivity (Wildman–Crippen MR) is 103 cm³/mol. The molecule has 2 N–H and O–H groups in total. The third-order valence-corrected chi connectivity index (χ3v) is 5.53. The fourth-order valence-corrected chi connectivity index (χ4v) is 3.99. The average molecular weight is 412 g/mol. The zero-order chi connectivity index (χ0) is 18.8. The number of benzene rings is 1. The van der Waals surface area contributed by atoms with Crippen molar-refractivity contribution in [2.24, 2.45) is 0 Å². The van der Waals surface area contributed by atoms with E-state index in [4.69, 9.17) is 38.1 Å². The minimum absolute atomic E-state index is 0.163. The largest absolute Gasteiger partial charge is 0.462 e. The third-order valence-electron chi connectivity index (χ3n) is 3.55. The van der Waals surface area contributed by atoms with Gasteiger partial charge in [-0.1, -0.05) is 29.3 Å². The van der Waals surface area contributed by atoms with E-state index in [1.165, 1.54) is 11.8 Å². The number of hydrogen-bond donors (Lipinski definition) is 1. The van der Waals surface area contributed by atoms with E-state index in [2.05, 4.69) is 9.97 Å². The first-order valence-corrected chi connectivity index (χ1v) is 9.46. The van der Waals surface area contributed by atoms with Crippen molar-refractivity contribution in [1.29, 1.82) is 0 Å². The van der Waals surface area contributed by atoms with Crippen LogP contribution < -0.4 is 5.73 Å². The van der Waals surface area contributed by atoms with Gasteiger partial charge in [-0.25, -0.2) is 9.78 Å². The van der Waals surface area contributed by atoms with E-state index < -0.39 is 5.97 Å². The lowest BCUT2D eigenvalue weighted by molar-refractivity contribution is 0.0526. The summed E-state index contributed by atoms with van der Waals surface area (Å²) >= 11 is 13.7. The maximum Gasteiger partial charge on any atom is 0.342 e. The molecule has 0 aliphatic heterocycles. The number of anilines is 1. The predicted octanol–water partition coefficient (Wildman–Crippen LogP) is 4.89. The van der Waals surface area contributed by atoms with Crippen LogP contribution in [-0.2, 0) is 10.5 Å². The molecule has 3 aromatic rings. The summed E-state index contributed by atoms with van der Waals surface area (Å²) in [5.74, 6) is 0.872. The monoisotopic (exact) mass is 411 g/mol. The summed E-state index contributed by atoms with van der Waals surface area (Å²) in [5, 5.41) is 1.47. The van der Waals surface area contributed by atoms with Crippen molar-refractivity contribution in [1.82, 2.24) is 9.97 Å². The summed E-state index contributed by atoms with van der Waals surface area (Å²) in [6.45, 7) is 3.63. The lowest BCUT2D eigenvalue weighted by Gasteiger charge is -2.06. The first-order valence-electron chi connectivity index (χ1n) is 7.71. The second-order valence-corrected chi connectivity index (χ2v) is 7.10. The molecule has 0 radical (unpaired) electrons. The van der Waals surface area contributed by atoms with Gasteiger partial charge in [-0.3, -0.25) is 0 Å². The Morgan fingerprint density at radius 1 is 1.31 bits per heavy atom. The van der Waals surface area contributed by atoms with Crippen molar-refractivity contribution in [2.75, 3.05) is 12.3 Å². The van der Waals surface area contributed by atoms with Crippen molar-refractivity contribution < 1.29 is 13.9 Å². The number of aromatic nitrogens is 2. The maximum absolute atomic E-state index is 12.1. The first-order chi connectivity index (χ1) is 12.4. The number of furan rings is 1. The lowest BCUT2D eigenvalue weighted by Crippen LogP contribution is -2.07. The van der Waals surface area contributed by atoms with Gasteiger partial charge in [0.15, 0.2) is 0 Å². The van der Waals surface area contributed by atoms with Crippen LogP contribution in [0, 0.1) is 6.92 Å². The molecule has 6 nitrogen and oxygen atoms in total. The normalized spacial score (nSPS) is 11.1. The van der Waals surface area contributed by atoms with Crippen LogP contribution in [0.3, 0.4) is 0 Å². The number of esters is 1. The number of carbonyl (C=O) groups is 1. The third kappa shape index (κ3) is 3.60.